The van der Waals surface area contributed by atoms with Crippen LogP contribution in [0.25, 0.3) is 6.08 Å². The number of hydrogen-bond donors (Lipinski definition) is 1. The van der Waals surface area contributed by atoms with E-state index in [1.807, 2.05) is 0 Å². The molecule has 0 spiro atoms. The van der Waals surface area contributed by atoms with E-state index in [0.717, 1.165) is 12.1 Å². The normalized spacial score (nSPS) is 12.6. The molecule has 0 aliphatic heterocycles. The largest absolute Gasteiger partial charge is 0.493 e. The van der Waals surface area contributed by atoms with E-state index in [1.54, 1.807) is 13.8 Å². The van der Waals surface area contributed by atoms with Crippen molar-refractivity contribution in [1.82, 2.24) is 0 Å². The number of esters is 1. The Morgan fingerprint density at radius 2 is 1.79 bits per heavy atom. The second-order valence-corrected chi connectivity index (χ2v) is 6.94. The number of carboxylic acid groups (broad SMARTS) is 1. The molecular formula is C22H20F3NO8. The second-order valence-electron chi connectivity index (χ2n) is 6.94. The highest BCUT2D eigenvalue weighted by Gasteiger charge is 2.33. The Hall–Kier alpha value is -4.09. The van der Waals surface area contributed by atoms with E-state index in [4.69, 9.17) is 14.2 Å². The van der Waals surface area contributed by atoms with Crippen LogP contribution in [0.4, 0.5) is 18.9 Å². The minimum atomic E-state index is -4.78. The topological polar surface area (TPSA) is 125 Å². The summed E-state index contributed by atoms with van der Waals surface area (Å²) in [7, 11) is 1.23. The molecular weight excluding hydrogens is 463 g/mol. The molecule has 12 heteroatoms. The van der Waals surface area contributed by atoms with Crippen LogP contribution in [0.3, 0.4) is 0 Å². The van der Waals surface area contributed by atoms with Gasteiger partial charge in [0, 0.05) is 6.07 Å². The number of carboxylic acids is 1. The van der Waals surface area contributed by atoms with E-state index < -0.39 is 51.7 Å². The first-order chi connectivity index (χ1) is 15.9. The summed E-state index contributed by atoms with van der Waals surface area (Å²) in [6, 6.07) is 5.65. The van der Waals surface area contributed by atoms with Crippen molar-refractivity contribution < 1.29 is 47.0 Å². The predicted octanol–water partition coefficient (Wildman–Crippen LogP) is 5.22. The maximum absolute atomic E-state index is 12.9. The van der Waals surface area contributed by atoms with Crippen molar-refractivity contribution in [2.45, 2.75) is 32.5 Å². The minimum Gasteiger partial charge on any atom is -0.493 e. The molecule has 0 aliphatic rings. The van der Waals surface area contributed by atoms with E-state index >= 15 is 0 Å². The Morgan fingerprint density at radius 1 is 1.15 bits per heavy atom. The van der Waals surface area contributed by atoms with Gasteiger partial charge < -0.3 is 19.3 Å². The lowest BCUT2D eigenvalue weighted by Crippen LogP contribution is -2.20. The molecule has 0 aliphatic carbocycles. The van der Waals surface area contributed by atoms with Gasteiger partial charge in [0.1, 0.15) is 5.57 Å². The third-order valence-electron chi connectivity index (χ3n) is 4.54. The number of nitro groups is 1. The highest BCUT2D eigenvalue weighted by molar-refractivity contribution is 6.17. The first kappa shape index (κ1) is 26.2. The number of ether oxygens (including phenoxy) is 3. The van der Waals surface area contributed by atoms with Gasteiger partial charge >= 0.3 is 23.8 Å². The van der Waals surface area contributed by atoms with Gasteiger partial charge in [-0.25, -0.2) is 9.59 Å². The zero-order chi connectivity index (χ0) is 25.6. The average molecular weight is 483 g/mol. The summed E-state index contributed by atoms with van der Waals surface area (Å²) in [4.78, 5) is 33.9. The number of rotatable bonds is 9. The van der Waals surface area contributed by atoms with Crippen LogP contribution in [0, 0.1) is 10.1 Å². The van der Waals surface area contributed by atoms with Crippen molar-refractivity contribution in [3.8, 4) is 17.2 Å². The smallest absolute Gasteiger partial charge is 0.416 e. The first-order valence-electron chi connectivity index (χ1n) is 9.74. The Balaban J connectivity index is 2.42. The van der Waals surface area contributed by atoms with Gasteiger partial charge in [0.25, 0.3) is 0 Å². The van der Waals surface area contributed by atoms with Crippen molar-refractivity contribution >= 4 is 23.7 Å². The molecule has 0 amide bonds. The number of halogens is 3. The minimum absolute atomic E-state index is 0.0250. The summed E-state index contributed by atoms with van der Waals surface area (Å²) >= 11 is 0. The summed E-state index contributed by atoms with van der Waals surface area (Å²) in [5.74, 6) is -3.15. The molecule has 0 bridgehead atoms. The molecule has 0 fully saturated rings. The maximum Gasteiger partial charge on any atom is 0.416 e. The molecule has 2 rings (SSSR count). The molecule has 182 valence electrons. The van der Waals surface area contributed by atoms with E-state index in [2.05, 4.69) is 0 Å². The molecule has 0 saturated heterocycles. The molecule has 9 nitrogen and oxygen atoms in total. The molecule has 1 N–H and O–H groups in total. The lowest BCUT2D eigenvalue weighted by Gasteiger charge is -2.13. The van der Waals surface area contributed by atoms with Crippen molar-refractivity contribution in [3.63, 3.8) is 0 Å². The molecule has 34 heavy (non-hydrogen) atoms. The zero-order valence-electron chi connectivity index (χ0n) is 18.2. The van der Waals surface area contributed by atoms with Crippen LogP contribution in [0.2, 0.25) is 0 Å². The monoisotopic (exact) mass is 483 g/mol. The van der Waals surface area contributed by atoms with Crippen LogP contribution in [0.1, 0.15) is 31.4 Å². The quantitative estimate of drug-likeness (QED) is 0.128. The lowest BCUT2D eigenvalue weighted by molar-refractivity contribution is -0.385. The van der Waals surface area contributed by atoms with Crippen molar-refractivity contribution in [1.29, 1.82) is 0 Å². The van der Waals surface area contributed by atoms with E-state index in [1.165, 1.54) is 25.3 Å². The van der Waals surface area contributed by atoms with Gasteiger partial charge in [-0.1, -0.05) is 13.0 Å². The van der Waals surface area contributed by atoms with Gasteiger partial charge in [-0.2, -0.15) is 13.2 Å². The fourth-order valence-electron chi connectivity index (χ4n) is 2.60. The molecule has 1 unspecified atom stereocenters. The van der Waals surface area contributed by atoms with E-state index in [0.29, 0.717) is 18.6 Å². The van der Waals surface area contributed by atoms with Gasteiger partial charge in [0.2, 0.25) is 5.75 Å². The van der Waals surface area contributed by atoms with Crippen LogP contribution < -0.4 is 9.47 Å². The first-order valence-corrected chi connectivity index (χ1v) is 9.74. The van der Waals surface area contributed by atoms with Crippen molar-refractivity contribution in [3.05, 3.63) is 63.2 Å². The van der Waals surface area contributed by atoms with E-state index in [9.17, 15) is 38.0 Å². The average Bonchev–Trinajstić information content (AvgIpc) is 2.76. The van der Waals surface area contributed by atoms with Crippen molar-refractivity contribution in [2.24, 2.45) is 0 Å². The number of hydrogen-bond acceptors (Lipinski definition) is 7. The number of nitrogens with zero attached hydrogens (tertiary/aromatic N) is 1. The third kappa shape index (κ3) is 6.47. The van der Waals surface area contributed by atoms with Gasteiger partial charge in [-0.3, -0.25) is 10.1 Å². The summed E-state index contributed by atoms with van der Waals surface area (Å²) in [5.41, 5.74) is -2.58. The van der Waals surface area contributed by atoms with Crippen LogP contribution in [0.5, 0.6) is 17.2 Å². The fourth-order valence-corrected chi connectivity index (χ4v) is 2.60. The number of carbonyl (C=O) groups excluding carboxylic acids is 1. The van der Waals surface area contributed by atoms with Crippen LogP contribution in [-0.4, -0.2) is 35.2 Å². The van der Waals surface area contributed by atoms with Gasteiger partial charge in [-0.05, 0) is 49.2 Å². The summed E-state index contributed by atoms with van der Waals surface area (Å²) in [5, 5.41) is 20.6. The maximum atomic E-state index is 12.9. The van der Waals surface area contributed by atoms with Gasteiger partial charge in [-0.15, -0.1) is 0 Å². The Bertz CT molecular complexity index is 1130. The molecule has 2 aromatic carbocycles. The molecule has 0 aromatic heterocycles. The Morgan fingerprint density at radius 3 is 2.32 bits per heavy atom. The van der Waals surface area contributed by atoms with Crippen LogP contribution in [-0.2, 0) is 20.5 Å². The summed E-state index contributed by atoms with van der Waals surface area (Å²) in [6.45, 7) is 3.36. The fraction of sp³-hybridized carbons (Fsp3) is 0.273. The molecule has 2 aromatic rings. The summed E-state index contributed by atoms with van der Waals surface area (Å²) < 4.78 is 54.3. The van der Waals surface area contributed by atoms with Crippen molar-refractivity contribution in [2.75, 3.05) is 7.11 Å². The van der Waals surface area contributed by atoms with Crippen LogP contribution in [0.15, 0.2) is 42.0 Å². The molecule has 0 radical (unpaired) electrons. The molecule has 0 heterocycles. The molecule has 0 saturated carbocycles. The highest BCUT2D eigenvalue weighted by atomic mass is 19.4. The number of aliphatic carboxylic acids is 1. The Kier molecular flexibility index (Phi) is 8.22. The number of methoxy groups -OCH3 is 1. The van der Waals surface area contributed by atoms with Crippen LogP contribution >= 0.6 is 0 Å². The predicted molar refractivity (Wildman–Crippen MR) is 113 cm³/mol. The SMILES string of the molecule is CCC(C)OC(=O)C(=Cc1ccc(Oc2ccc(C(F)(F)F)cc2[N+](=O)[O-])c(OC)c1)C(=O)O. The number of benzene rings is 2. The highest BCUT2D eigenvalue weighted by Crippen LogP contribution is 2.40. The number of nitro benzene ring substituents is 1. The zero-order valence-corrected chi connectivity index (χ0v) is 18.2. The number of carbonyl (C=O) groups is 2. The lowest BCUT2D eigenvalue weighted by atomic mass is 10.1. The van der Waals surface area contributed by atoms with Gasteiger partial charge in [0.15, 0.2) is 11.5 Å². The van der Waals surface area contributed by atoms with Gasteiger partial charge in [0.05, 0.1) is 23.7 Å². The van der Waals surface area contributed by atoms with E-state index in [-0.39, 0.29) is 17.1 Å². The number of alkyl halides is 3. The third-order valence-corrected chi connectivity index (χ3v) is 4.54. The second kappa shape index (κ2) is 10.7. The molecule has 1 atom stereocenters. The summed E-state index contributed by atoms with van der Waals surface area (Å²) in [6.07, 6.45) is -3.76. The standard InChI is InChI=1S/C22H20F3NO8/c1-4-12(2)33-21(29)15(20(27)28)9-13-5-7-18(19(10-13)32-3)34-17-8-6-14(22(23,24)25)11-16(17)26(30)31/h5-12H,4H2,1-3H3,(H,27,28). The Labute approximate surface area is 191 Å².